The van der Waals surface area contributed by atoms with Crippen LogP contribution < -0.4 is 0 Å². The maximum atomic E-state index is 10.9. The molecule has 0 aliphatic carbocycles. The van der Waals surface area contributed by atoms with Crippen molar-refractivity contribution >= 4 is 5.97 Å². The molecule has 0 rings (SSSR count). The fraction of sp³-hybridized carbons (Fsp3) is 0.632. The van der Waals surface area contributed by atoms with Gasteiger partial charge in [0.25, 0.3) is 0 Å². The molecule has 0 spiro atoms. The highest BCUT2D eigenvalue weighted by Crippen LogP contribution is 2.08. The number of hydrogen-bond donors (Lipinski definition) is 0. The van der Waals surface area contributed by atoms with Crippen LogP contribution in [0, 0.1) is 0 Å². The van der Waals surface area contributed by atoms with Crippen LogP contribution in [0.2, 0.25) is 0 Å². The predicted molar refractivity (Wildman–Crippen MR) is 91.3 cm³/mol. The van der Waals surface area contributed by atoms with Gasteiger partial charge in [-0.25, -0.2) is 0 Å². The molecular weight excluding hydrogens is 260 g/mol. The first-order valence-electron chi connectivity index (χ1n) is 9.85. The number of ether oxygens (including phenoxy) is 1. The fourth-order valence-corrected chi connectivity index (χ4v) is 1.71. The monoisotopic (exact) mass is 296 g/mol. The van der Waals surface area contributed by atoms with Gasteiger partial charge in [-0.3, -0.25) is 4.79 Å². The summed E-state index contributed by atoms with van der Waals surface area (Å²) in [6.45, 7) is 1.93. The molecule has 0 aromatic rings. The summed E-state index contributed by atoms with van der Waals surface area (Å²) in [4.78, 5) is 10.9. The number of carbonyl (C=O) groups is 1. The minimum atomic E-state index is -1.64. The van der Waals surface area contributed by atoms with Gasteiger partial charge in [0.1, 0.15) is 0 Å². The molecule has 2 heteroatoms. The molecular formula is C19H32O2. The van der Waals surface area contributed by atoms with Gasteiger partial charge >= 0.3 is 5.97 Å². The Hall–Kier alpha value is -1.31. The lowest BCUT2D eigenvalue weighted by molar-refractivity contribution is -0.140. The smallest absolute Gasteiger partial charge is 0.305 e. The Bertz CT molecular complexity index is 454. The van der Waals surface area contributed by atoms with Gasteiger partial charge in [0.15, 0.2) is 0 Å². The van der Waals surface area contributed by atoms with Gasteiger partial charge in [0, 0.05) is 11.9 Å². The summed E-state index contributed by atoms with van der Waals surface area (Å²) in [5, 5.41) is 0. The van der Waals surface area contributed by atoms with Crippen molar-refractivity contribution in [3.8, 4) is 0 Å². The third-order valence-corrected chi connectivity index (χ3v) is 2.92. The first-order chi connectivity index (χ1) is 11.7. The van der Waals surface area contributed by atoms with E-state index in [1.165, 1.54) is 31.4 Å². The fourth-order valence-electron chi connectivity index (χ4n) is 1.71. The van der Waals surface area contributed by atoms with Crippen LogP contribution in [0.4, 0.5) is 0 Å². The number of rotatable bonds is 13. The number of esters is 1. The highest BCUT2D eigenvalue weighted by Gasteiger charge is 1.98. The molecule has 0 bridgehead atoms. The van der Waals surface area contributed by atoms with Crippen molar-refractivity contribution in [3.05, 3.63) is 36.5 Å². The first kappa shape index (κ1) is 13.4. The molecule has 0 heterocycles. The second kappa shape index (κ2) is 16.7. The second-order valence-corrected chi connectivity index (χ2v) is 4.76. The zero-order valence-corrected chi connectivity index (χ0v) is 13.4. The third-order valence-electron chi connectivity index (χ3n) is 2.92. The maximum Gasteiger partial charge on any atom is 0.305 e. The second-order valence-electron chi connectivity index (χ2n) is 4.76. The average Bonchev–Trinajstić information content (AvgIpc) is 2.56. The Morgan fingerprint density at radius 2 is 1.48 bits per heavy atom. The van der Waals surface area contributed by atoms with Crippen molar-refractivity contribution in [1.82, 2.24) is 0 Å². The summed E-state index contributed by atoms with van der Waals surface area (Å²) in [7, 11) is 1.40. The predicted octanol–water partition coefficient (Wildman–Crippen LogP) is 5.75. The molecule has 0 N–H and O–H groups in total. The van der Waals surface area contributed by atoms with E-state index in [0.29, 0.717) is 6.42 Å². The maximum absolute atomic E-state index is 10.9. The van der Waals surface area contributed by atoms with Crippen LogP contribution in [-0.4, -0.2) is 13.1 Å². The molecule has 0 unspecified atom stereocenters. The molecule has 0 aromatic carbocycles. The summed E-state index contributed by atoms with van der Waals surface area (Å²) in [6, 6.07) is 0. The minimum Gasteiger partial charge on any atom is -0.469 e. The van der Waals surface area contributed by atoms with Crippen molar-refractivity contribution < 1.29 is 15.0 Å². The molecule has 21 heavy (non-hydrogen) atoms. The number of methoxy groups -OCH3 is 1. The Morgan fingerprint density at radius 3 is 2.14 bits per heavy atom. The lowest BCUT2D eigenvalue weighted by atomic mass is 10.1. The molecule has 0 aromatic heterocycles. The van der Waals surface area contributed by atoms with E-state index in [1.54, 1.807) is 6.08 Å². The lowest BCUT2D eigenvalue weighted by Gasteiger charge is -1.99. The third kappa shape index (κ3) is 16.6. The van der Waals surface area contributed by atoms with Gasteiger partial charge in [0.05, 0.1) is 7.11 Å². The Balaban J connectivity index is 3.99. The molecule has 0 saturated heterocycles. The van der Waals surface area contributed by atoms with Crippen LogP contribution in [0.25, 0.3) is 0 Å². The molecule has 2 nitrogen and oxygen atoms in total. The zero-order valence-electron chi connectivity index (χ0n) is 17.4. The standard InChI is InChI=1S/C19H32O2/c1-3-4-5-6-7-8-9-10-11-12-13-14-15-16-17-18-19(20)21-2/h4-5,7-8,10-11H,3,6,9,12-18H2,1-2H3/b5-4-,8-7-,11-10-/i6D2,9D2. The van der Waals surface area contributed by atoms with Crippen LogP contribution >= 0.6 is 0 Å². The van der Waals surface area contributed by atoms with Crippen molar-refractivity contribution in [3.63, 3.8) is 0 Å². The summed E-state index contributed by atoms with van der Waals surface area (Å²) >= 11 is 0. The van der Waals surface area contributed by atoms with Crippen LogP contribution in [0.1, 0.15) is 76.5 Å². The van der Waals surface area contributed by atoms with Gasteiger partial charge in [-0.2, -0.15) is 0 Å². The van der Waals surface area contributed by atoms with Gasteiger partial charge in [-0.05, 0) is 38.4 Å². The molecule has 0 saturated carbocycles. The Morgan fingerprint density at radius 1 is 0.905 bits per heavy atom. The van der Waals surface area contributed by atoms with Crippen molar-refractivity contribution in [1.29, 1.82) is 0 Å². The van der Waals surface area contributed by atoms with Gasteiger partial charge < -0.3 is 4.74 Å². The van der Waals surface area contributed by atoms with E-state index in [1.807, 2.05) is 13.0 Å². The summed E-state index contributed by atoms with van der Waals surface area (Å²) in [6.07, 6.45) is 12.7. The Labute approximate surface area is 136 Å². The van der Waals surface area contributed by atoms with E-state index >= 15 is 0 Å². The van der Waals surface area contributed by atoms with Crippen LogP contribution in [0.5, 0.6) is 0 Å². The van der Waals surface area contributed by atoms with E-state index in [4.69, 9.17) is 5.48 Å². The minimum absolute atomic E-state index is 0.159. The molecule has 0 aliphatic heterocycles. The highest BCUT2D eigenvalue weighted by molar-refractivity contribution is 5.68. The summed E-state index contributed by atoms with van der Waals surface area (Å²) in [5.74, 6) is -0.159. The SMILES string of the molecule is [2H]C([2H])(/C=C\CC)/C=C\C([2H])([2H])/C=C\CCCCCCCC(=O)OC. The van der Waals surface area contributed by atoms with Crippen molar-refractivity contribution in [2.75, 3.05) is 7.11 Å². The molecule has 0 amide bonds. The van der Waals surface area contributed by atoms with Gasteiger partial charge in [0.2, 0.25) is 0 Å². The van der Waals surface area contributed by atoms with Crippen molar-refractivity contribution in [2.24, 2.45) is 0 Å². The average molecular weight is 296 g/mol. The van der Waals surface area contributed by atoms with Crippen LogP contribution in [-0.2, 0) is 9.53 Å². The molecule has 0 radical (unpaired) electrons. The number of unbranched alkanes of at least 4 members (excludes halogenated alkanes) is 5. The van der Waals surface area contributed by atoms with E-state index in [9.17, 15) is 4.79 Å². The molecule has 0 fully saturated rings. The largest absolute Gasteiger partial charge is 0.469 e. The van der Waals surface area contributed by atoms with E-state index in [2.05, 4.69) is 4.74 Å². The van der Waals surface area contributed by atoms with Gasteiger partial charge in [-0.1, -0.05) is 62.6 Å². The van der Waals surface area contributed by atoms with Crippen LogP contribution in [0.3, 0.4) is 0 Å². The normalized spacial score (nSPS) is 16.1. The molecule has 120 valence electrons. The van der Waals surface area contributed by atoms with E-state index in [-0.39, 0.29) is 5.97 Å². The zero-order chi connectivity index (χ0) is 19.2. The summed E-state index contributed by atoms with van der Waals surface area (Å²) in [5.41, 5.74) is 0. The topological polar surface area (TPSA) is 26.3 Å². The Kier molecular flexibility index (Phi) is 10.7. The van der Waals surface area contributed by atoms with E-state index < -0.39 is 12.7 Å². The first-order valence-corrected chi connectivity index (χ1v) is 7.85. The highest BCUT2D eigenvalue weighted by atomic mass is 16.5. The van der Waals surface area contributed by atoms with Crippen LogP contribution in [0.15, 0.2) is 36.5 Å². The molecule has 0 aliphatic rings. The number of carbonyl (C=O) groups excluding carboxylic acids is 1. The quantitative estimate of drug-likeness (QED) is 0.246. The lowest BCUT2D eigenvalue weighted by Crippen LogP contribution is -1.98. The van der Waals surface area contributed by atoms with Gasteiger partial charge in [-0.15, -0.1) is 0 Å². The van der Waals surface area contributed by atoms with Crippen molar-refractivity contribution in [2.45, 2.75) is 71.0 Å². The molecule has 0 atom stereocenters. The number of hydrogen-bond acceptors (Lipinski definition) is 2. The number of allylic oxidation sites excluding steroid dienone is 6. The summed E-state index contributed by atoms with van der Waals surface area (Å²) < 4.78 is 35.8. The van der Waals surface area contributed by atoms with E-state index in [0.717, 1.165) is 44.9 Å².